The van der Waals surface area contributed by atoms with Crippen LogP contribution in [0, 0.1) is 0 Å². The van der Waals surface area contributed by atoms with Crippen molar-refractivity contribution in [2.24, 2.45) is 0 Å². The first-order valence-corrected chi connectivity index (χ1v) is 9.30. The molecule has 4 rings (SSSR count). The van der Waals surface area contributed by atoms with Gasteiger partial charge in [-0.2, -0.15) is 0 Å². The summed E-state index contributed by atoms with van der Waals surface area (Å²) in [4.78, 5) is 18.9. The smallest absolute Gasteiger partial charge is 0.254 e. The number of ether oxygens (including phenoxy) is 2. The second-order valence-electron chi connectivity index (χ2n) is 6.70. The highest BCUT2D eigenvalue weighted by molar-refractivity contribution is 5.94. The van der Waals surface area contributed by atoms with Gasteiger partial charge >= 0.3 is 0 Å². The van der Waals surface area contributed by atoms with Crippen molar-refractivity contribution in [1.29, 1.82) is 0 Å². The predicted octanol–water partition coefficient (Wildman–Crippen LogP) is 3.97. The van der Waals surface area contributed by atoms with Crippen LogP contribution in [0.1, 0.15) is 22.0 Å². The number of methoxy groups -OCH3 is 1. The minimum absolute atomic E-state index is 0.0306. The van der Waals surface area contributed by atoms with Crippen LogP contribution in [0.15, 0.2) is 73.1 Å². The van der Waals surface area contributed by atoms with Crippen LogP contribution >= 0.6 is 0 Å². The second kappa shape index (κ2) is 8.23. The zero-order chi connectivity index (χ0) is 19.3. The van der Waals surface area contributed by atoms with Crippen LogP contribution in [0.5, 0.6) is 5.75 Å². The molecular formula is C23H22N2O3. The van der Waals surface area contributed by atoms with Crippen molar-refractivity contribution in [3.63, 3.8) is 0 Å². The van der Waals surface area contributed by atoms with Gasteiger partial charge in [-0.05, 0) is 53.1 Å². The minimum atomic E-state index is -0.125. The molecule has 142 valence electrons. The van der Waals surface area contributed by atoms with Gasteiger partial charge in [0.1, 0.15) is 11.9 Å². The van der Waals surface area contributed by atoms with Gasteiger partial charge in [-0.3, -0.25) is 9.78 Å². The van der Waals surface area contributed by atoms with Gasteiger partial charge in [0.25, 0.3) is 5.91 Å². The molecule has 1 amide bonds. The van der Waals surface area contributed by atoms with Crippen molar-refractivity contribution in [2.45, 2.75) is 6.10 Å². The van der Waals surface area contributed by atoms with Crippen LogP contribution in [0.2, 0.25) is 0 Å². The molecule has 0 bridgehead atoms. The van der Waals surface area contributed by atoms with Crippen LogP contribution in [0.4, 0.5) is 0 Å². The number of hydrogen-bond acceptors (Lipinski definition) is 4. The van der Waals surface area contributed by atoms with Gasteiger partial charge in [0, 0.05) is 24.5 Å². The fourth-order valence-electron chi connectivity index (χ4n) is 3.39. The number of rotatable bonds is 4. The number of morpholine rings is 1. The molecular weight excluding hydrogens is 352 g/mol. The lowest BCUT2D eigenvalue weighted by Crippen LogP contribution is -2.42. The Labute approximate surface area is 164 Å². The highest BCUT2D eigenvalue weighted by Gasteiger charge is 2.26. The minimum Gasteiger partial charge on any atom is -0.497 e. The van der Waals surface area contributed by atoms with Crippen molar-refractivity contribution in [3.05, 3.63) is 84.2 Å². The van der Waals surface area contributed by atoms with Crippen LogP contribution in [0.3, 0.4) is 0 Å². The summed E-state index contributed by atoms with van der Waals surface area (Å²) in [6.07, 6.45) is 3.41. The molecule has 1 fully saturated rings. The Morgan fingerprint density at radius 1 is 1.00 bits per heavy atom. The van der Waals surface area contributed by atoms with E-state index >= 15 is 0 Å². The topological polar surface area (TPSA) is 51.7 Å². The molecule has 1 aromatic heterocycles. The van der Waals surface area contributed by atoms with E-state index in [9.17, 15) is 4.79 Å². The van der Waals surface area contributed by atoms with Gasteiger partial charge in [-0.25, -0.2) is 0 Å². The molecule has 0 N–H and O–H groups in total. The van der Waals surface area contributed by atoms with E-state index in [4.69, 9.17) is 9.47 Å². The summed E-state index contributed by atoms with van der Waals surface area (Å²) in [5.74, 6) is 0.838. The normalized spacial score (nSPS) is 16.6. The molecule has 0 spiro atoms. The van der Waals surface area contributed by atoms with E-state index in [1.807, 2.05) is 65.6 Å². The maximum Gasteiger partial charge on any atom is 0.254 e. The predicted molar refractivity (Wildman–Crippen MR) is 107 cm³/mol. The van der Waals surface area contributed by atoms with Crippen molar-refractivity contribution < 1.29 is 14.3 Å². The first kappa shape index (κ1) is 18.2. The van der Waals surface area contributed by atoms with Gasteiger partial charge in [0.2, 0.25) is 0 Å². The lowest BCUT2D eigenvalue weighted by molar-refractivity contribution is -0.0228. The average Bonchev–Trinajstić information content (AvgIpc) is 2.79. The highest BCUT2D eigenvalue weighted by Crippen LogP contribution is 2.26. The molecule has 1 saturated heterocycles. The molecule has 5 heteroatoms. The number of pyridine rings is 1. The fraction of sp³-hybridized carbons (Fsp3) is 0.217. The summed E-state index contributed by atoms with van der Waals surface area (Å²) in [7, 11) is 1.65. The van der Waals surface area contributed by atoms with Crippen molar-refractivity contribution in [3.8, 4) is 16.9 Å². The van der Waals surface area contributed by atoms with E-state index in [0.29, 0.717) is 25.3 Å². The quantitative estimate of drug-likeness (QED) is 0.693. The van der Waals surface area contributed by atoms with E-state index in [1.54, 1.807) is 19.5 Å². The molecule has 1 unspecified atom stereocenters. The van der Waals surface area contributed by atoms with Crippen LogP contribution < -0.4 is 4.74 Å². The summed E-state index contributed by atoms with van der Waals surface area (Å²) < 4.78 is 11.1. The Morgan fingerprint density at radius 2 is 1.68 bits per heavy atom. The van der Waals surface area contributed by atoms with Crippen molar-refractivity contribution in [1.82, 2.24) is 9.88 Å². The fourth-order valence-corrected chi connectivity index (χ4v) is 3.39. The van der Waals surface area contributed by atoms with Gasteiger partial charge in [0.05, 0.1) is 20.3 Å². The molecule has 0 radical (unpaired) electrons. The first-order valence-electron chi connectivity index (χ1n) is 9.30. The third-order valence-corrected chi connectivity index (χ3v) is 4.99. The SMILES string of the molecule is COc1ccc(C2CN(C(=O)c3ccc(-c4ccncc4)cc3)CCO2)cc1. The molecule has 1 atom stereocenters. The van der Waals surface area contributed by atoms with Crippen LogP contribution in [0.25, 0.3) is 11.1 Å². The number of hydrogen-bond donors (Lipinski definition) is 0. The molecule has 3 aromatic rings. The van der Waals surface area contributed by atoms with E-state index in [-0.39, 0.29) is 12.0 Å². The lowest BCUT2D eigenvalue weighted by atomic mass is 10.0. The third-order valence-electron chi connectivity index (χ3n) is 4.99. The van der Waals surface area contributed by atoms with Gasteiger partial charge in [-0.15, -0.1) is 0 Å². The molecule has 1 aliphatic heterocycles. The molecule has 2 aromatic carbocycles. The molecule has 0 aliphatic carbocycles. The highest BCUT2D eigenvalue weighted by atomic mass is 16.5. The van der Waals surface area contributed by atoms with Crippen LogP contribution in [-0.4, -0.2) is 42.6 Å². The Hall–Kier alpha value is -3.18. The largest absolute Gasteiger partial charge is 0.497 e. The Morgan fingerprint density at radius 3 is 2.36 bits per heavy atom. The zero-order valence-corrected chi connectivity index (χ0v) is 15.7. The van der Waals surface area contributed by atoms with Crippen LogP contribution in [-0.2, 0) is 4.74 Å². The van der Waals surface area contributed by atoms with Crippen molar-refractivity contribution >= 4 is 5.91 Å². The number of aromatic nitrogens is 1. The summed E-state index contributed by atoms with van der Waals surface area (Å²) >= 11 is 0. The zero-order valence-electron chi connectivity index (χ0n) is 15.7. The maximum atomic E-state index is 13.0. The molecule has 5 nitrogen and oxygen atoms in total. The van der Waals surface area contributed by atoms with E-state index < -0.39 is 0 Å². The first-order chi connectivity index (χ1) is 13.7. The van der Waals surface area contributed by atoms with Crippen molar-refractivity contribution in [2.75, 3.05) is 26.8 Å². The third kappa shape index (κ3) is 3.89. The van der Waals surface area contributed by atoms with Gasteiger partial charge in [-0.1, -0.05) is 24.3 Å². The Bertz CT molecular complexity index is 924. The van der Waals surface area contributed by atoms with E-state index in [0.717, 1.165) is 22.4 Å². The lowest BCUT2D eigenvalue weighted by Gasteiger charge is -2.33. The summed E-state index contributed by atoms with van der Waals surface area (Å²) in [5.41, 5.74) is 3.89. The molecule has 28 heavy (non-hydrogen) atoms. The number of benzene rings is 2. The molecule has 0 saturated carbocycles. The van der Waals surface area contributed by atoms with E-state index in [2.05, 4.69) is 4.98 Å². The number of carbonyl (C=O) groups excluding carboxylic acids is 1. The summed E-state index contributed by atoms with van der Waals surface area (Å²) in [5, 5.41) is 0. The monoisotopic (exact) mass is 374 g/mol. The Kier molecular flexibility index (Phi) is 5.35. The molecule has 1 aliphatic rings. The summed E-state index contributed by atoms with van der Waals surface area (Å²) in [6.45, 7) is 1.66. The standard InChI is InChI=1S/C23H22N2O3/c1-27-21-8-6-19(7-9-21)22-16-25(14-15-28-22)23(26)20-4-2-17(3-5-20)18-10-12-24-13-11-18/h2-13,22H,14-16H2,1H3. The number of nitrogens with zero attached hydrogens (tertiary/aromatic N) is 2. The van der Waals surface area contributed by atoms with Gasteiger partial charge < -0.3 is 14.4 Å². The average molecular weight is 374 g/mol. The number of amides is 1. The molecule has 2 heterocycles. The Balaban J connectivity index is 1.46. The maximum absolute atomic E-state index is 13.0. The summed E-state index contributed by atoms with van der Waals surface area (Å²) in [6, 6.07) is 19.4. The number of carbonyl (C=O) groups is 1. The van der Waals surface area contributed by atoms with E-state index in [1.165, 1.54) is 0 Å². The second-order valence-corrected chi connectivity index (χ2v) is 6.70. The van der Waals surface area contributed by atoms with Gasteiger partial charge in [0.15, 0.2) is 0 Å².